The van der Waals surface area contributed by atoms with Crippen LogP contribution in [0.1, 0.15) is 0 Å². The number of furan rings is 2. The van der Waals surface area contributed by atoms with Crippen molar-refractivity contribution in [1.29, 1.82) is 0 Å². The van der Waals surface area contributed by atoms with Gasteiger partial charge < -0.3 is 8.83 Å². The molecule has 0 radical (unpaired) electrons. The van der Waals surface area contributed by atoms with E-state index in [0.29, 0.717) is 5.71 Å². The quantitative estimate of drug-likeness (QED) is 0.206. The first kappa shape index (κ1) is 25.1. The Morgan fingerprint density at radius 2 is 1.13 bits per heavy atom. The second kappa shape index (κ2) is 9.62. The molecule has 0 aliphatic heterocycles. The molecule has 0 unspecified atom stereocenters. The summed E-state index contributed by atoms with van der Waals surface area (Å²) in [6.45, 7) is 0. The SMILES string of the molecule is c1cc(-c2cccc(-c3cc4ccccc4c4c3oc3ccccc34)c2)cc(-c2cnc3c(n2)oc2ccc4ccccc4c23)c1. The van der Waals surface area contributed by atoms with E-state index in [0.717, 1.165) is 82.7 Å². The maximum absolute atomic E-state index is 6.53. The van der Waals surface area contributed by atoms with Gasteiger partial charge in [0, 0.05) is 21.9 Å². The molecule has 4 nitrogen and oxygen atoms in total. The lowest BCUT2D eigenvalue weighted by molar-refractivity contribution is 0.654. The molecule has 0 atom stereocenters. The zero-order chi connectivity index (χ0) is 30.2. The van der Waals surface area contributed by atoms with Gasteiger partial charge in [-0.3, -0.25) is 0 Å². The molecule has 0 saturated heterocycles. The minimum atomic E-state index is 0.544. The van der Waals surface area contributed by atoms with Crippen molar-refractivity contribution in [3.63, 3.8) is 0 Å². The summed E-state index contributed by atoms with van der Waals surface area (Å²) in [4.78, 5) is 9.79. The summed E-state index contributed by atoms with van der Waals surface area (Å²) in [7, 11) is 0. The highest BCUT2D eigenvalue weighted by Gasteiger charge is 2.17. The third kappa shape index (κ3) is 3.74. The van der Waals surface area contributed by atoms with Gasteiger partial charge in [-0.05, 0) is 68.6 Å². The van der Waals surface area contributed by atoms with Crippen LogP contribution < -0.4 is 0 Å². The minimum Gasteiger partial charge on any atom is -0.455 e. The summed E-state index contributed by atoms with van der Waals surface area (Å²) in [5.41, 5.74) is 10.1. The standard InChI is InChI=1S/C42H24N2O2/c1-3-15-31-25(9-1)19-20-37-39(31)40-42(46-37)44-35(24-43-40)30-14-8-12-27(22-30)26-11-7-13-28(21-26)34-23-29-10-2-4-16-32(29)38-33-17-5-6-18-36(33)45-41(34)38/h1-24H. The lowest BCUT2D eigenvalue weighted by atomic mass is 9.94. The second-order valence-electron chi connectivity index (χ2n) is 11.8. The molecule has 0 N–H and O–H groups in total. The average Bonchev–Trinajstić information content (AvgIpc) is 3.70. The van der Waals surface area contributed by atoms with Gasteiger partial charge in [0.1, 0.15) is 22.3 Å². The van der Waals surface area contributed by atoms with Gasteiger partial charge in [0.2, 0.25) is 5.71 Å². The fourth-order valence-corrected chi connectivity index (χ4v) is 6.95. The van der Waals surface area contributed by atoms with Crippen LogP contribution in [0.3, 0.4) is 0 Å². The summed E-state index contributed by atoms with van der Waals surface area (Å²) in [6.07, 6.45) is 1.85. The van der Waals surface area contributed by atoms with Gasteiger partial charge >= 0.3 is 0 Å². The van der Waals surface area contributed by atoms with E-state index in [1.807, 2.05) is 36.5 Å². The fraction of sp³-hybridized carbons (Fsp3) is 0. The molecule has 0 fully saturated rings. The molecular formula is C42H24N2O2. The normalized spacial score (nSPS) is 11.9. The third-order valence-corrected chi connectivity index (χ3v) is 9.11. The zero-order valence-corrected chi connectivity index (χ0v) is 24.6. The van der Waals surface area contributed by atoms with E-state index in [2.05, 4.69) is 109 Å². The molecule has 4 heteroatoms. The first-order chi connectivity index (χ1) is 22.8. The second-order valence-corrected chi connectivity index (χ2v) is 11.8. The molecule has 214 valence electrons. The highest BCUT2D eigenvalue weighted by atomic mass is 16.3. The van der Waals surface area contributed by atoms with Crippen molar-refractivity contribution in [3.05, 3.63) is 146 Å². The van der Waals surface area contributed by atoms with Crippen LogP contribution in [-0.2, 0) is 0 Å². The van der Waals surface area contributed by atoms with Crippen molar-refractivity contribution in [1.82, 2.24) is 9.97 Å². The van der Waals surface area contributed by atoms with Crippen LogP contribution >= 0.6 is 0 Å². The van der Waals surface area contributed by atoms with Gasteiger partial charge in [-0.1, -0.05) is 109 Å². The predicted octanol–water partition coefficient (Wildman–Crippen LogP) is 11.6. The molecular weight excluding hydrogens is 564 g/mol. The Kier molecular flexibility index (Phi) is 5.25. The Morgan fingerprint density at radius 1 is 0.457 bits per heavy atom. The topological polar surface area (TPSA) is 52.1 Å². The van der Waals surface area contributed by atoms with E-state index < -0.39 is 0 Å². The van der Waals surface area contributed by atoms with Gasteiger partial charge in [0.05, 0.1) is 17.3 Å². The summed E-state index contributed by atoms with van der Waals surface area (Å²) in [5.74, 6) is 0. The molecule has 10 aromatic rings. The molecule has 3 heterocycles. The summed E-state index contributed by atoms with van der Waals surface area (Å²) in [5, 5.41) is 7.96. The van der Waals surface area contributed by atoms with E-state index in [-0.39, 0.29) is 0 Å². The zero-order valence-electron chi connectivity index (χ0n) is 24.6. The number of hydrogen-bond acceptors (Lipinski definition) is 4. The molecule has 0 spiro atoms. The summed E-state index contributed by atoms with van der Waals surface area (Å²) in [6, 6.07) is 48.6. The van der Waals surface area contributed by atoms with Crippen LogP contribution in [0, 0.1) is 0 Å². The summed E-state index contributed by atoms with van der Waals surface area (Å²) < 4.78 is 12.7. The Bertz CT molecular complexity index is 2820. The Morgan fingerprint density at radius 3 is 1.98 bits per heavy atom. The lowest BCUT2D eigenvalue weighted by Gasteiger charge is -2.10. The number of para-hydroxylation sites is 1. The number of benzene rings is 7. The number of rotatable bonds is 3. The van der Waals surface area contributed by atoms with E-state index in [1.165, 1.54) is 10.8 Å². The van der Waals surface area contributed by atoms with Gasteiger partial charge in [-0.25, -0.2) is 9.97 Å². The van der Waals surface area contributed by atoms with Crippen LogP contribution in [0.25, 0.3) is 99.2 Å². The van der Waals surface area contributed by atoms with Crippen LogP contribution in [-0.4, -0.2) is 9.97 Å². The number of fused-ring (bicyclic) bond motifs is 10. The Balaban J connectivity index is 1.09. The maximum Gasteiger partial charge on any atom is 0.246 e. The van der Waals surface area contributed by atoms with Gasteiger partial charge in [-0.15, -0.1) is 0 Å². The molecule has 3 aromatic heterocycles. The van der Waals surface area contributed by atoms with E-state index in [9.17, 15) is 0 Å². The molecule has 0 saturated carbocycles. The number of nitrogens with zero attached hydrogens (tertiary/aromatic N) is 2. The largest absolute Gasteiger partial charge is 0.455 e. The smallest absolute Gasteiger partial charge is 0.246 e. The average molecular weight is 589 g/mol. The molecule has 10 rings (SSSR count). The predicted molar refractivity (Wildman–Crippen MR) is 188 cm³/mol. The Labute approximate surface area is 263 Å². The fourth-order valence-electron chi connectivity index (χ4n) is 6.95. The van der Waals surface area contributed by atoms with E-state index >= 15 is 0 Å². The van der Waals surface area contributed by atoms with Gasteiger partial charge in [-0.2, -0.15) is 0 Å². The van der Waals surface area contributed by atoms with Crippen LogP contribution in [0.15, 0.2) is 155 Å². The molecule has 0 amide bonds. The van der Waals surface area contributed by atoms with Gasteiger partial charge in [0.25, 0.3) is 0 Å². The number of aromatic nitrogens is 2. The van der Waals surface area contributed by atoms with Crippen LogP contribution in [0.4, 0.5) is 0 Å². The highest BCUT2D eigenvalue weighted by molar-refractivity contribution is 6.22. The Hall–Kier alpha value is -6.26. The van der Waals surface area contributed by atoms with Gasteiger partial charge in [0.15, 0.2) is 0 Å². The molecule has 0 aliphatic carbocycles. The van der Waals surface area contributed by atoms with Crippen molar-refractivity contribution in [2.45, 2.75) is 0 Å². The third-order valence-electron chi connectivity index (χ3n) is 9.11. The van der Waals surface area contributed by atoms with Crippen LogP contribution in [0.2, 0.25) is 0 Å². The van der Waals surface area contributed by atoms with E-state index in [1.54, 1.807) is 0 Å². The monoisotopic (exact) mass is 588 g/mol. The van der Waals surface area contributed by atoms with Crippen LogP contribution in [0.5, 0.6) is 0 Å². The number of hydrogen-bond donors (Lipinski definition) is 0. The van der Waals surface area contributed by atoms with Crippen molar-refractivity contribution >= 4 is 65.7 Å². The molecule has 0 aliphatic rings. The van der Waals surface area contributed by atoms with Crippen molar-refractivity contribution in [2.75, 3.05) is 0 Å². The van der Waals surface area contributed by atoms with Crippen molar-refractivity contribution < 1.29 is 8.83 Å². The molecule has 46 heavy (non-hydrogen) atoms. The molecule has 0 bridgehead atoms. The maximum atomic E-state index is 6.53. The highest BCUT2D eigenvalue weighted by Crippen LogP contribution is 2.42. The first-order valence-electron chi connectivity index (χ1n) is 15.4. The van der Waals surface area contributed by atoms with Crippen molar-refractivity contribution in [2.24, 2.45) is 0 Å². The lowest BCUT2D eigenvalue weighted by Crippen LogP contribution is -1.88. The van der Waals surface area contributed by atoms with E-state index in [4.69, 9.17) is 18.8 Å². The molecule has 7 aromatic carbocycles. The first-order valence-corrected chi connectivity index (χ1v) is 15.4. The minimum absolute atomic E-state index is 0.544. The summed E-state index contributed by atoms with van der Waals surface area (Å²) >= 11 is 0. The van der Waals surface area contributed by atoms with Crippen molar-refractivity contribution in [3.8, 4) is 33.5 Å².